The van der Waals surface area contributed by atoms with E-state index in [9.17, 15) is 0 Å². The van der Waals surface area contributed by atoms with E-state index in [2.05, 4.69) is 17.2 Å². The molecule has 0 saturated heterocycles. The zero-order valence-corrected chi connectivity index (χ0v) is 4.72. The molecule has 0 fully saturated rings. The van der Waals surface area contributed by atoms with Gasteiger partial charge in [0.2, 0.25) is 0 Å². The Bertz CT molecular complexity index is 107. The third-order valence-corrected chi connectivity index (χ3v) is 1.13. The molecule has 2 nitrogen and oxygen atoms in total. The Kier molecular flexibility index (Phi) is 1.57. The summed E-state index contributed by atoms with van der Waals surface area (Å²) in [6, 6.07) is 0.403. The second-order valence-electron chi connectivity index (χ2n) is 1.75. The zero-order chi connectivity index (χ0) is 5.82. The number of nitrogens with one attached hydrogen (secondary N) is 2. The van der Waals surface area contributed by atoms with Crippen LogP contribution in [0.1, 0.15) is 0 Å². The van der Waals surface area contributed by atoms with Crippen molar-refractivity contribution in [3.8, 4) is 0 Å². The molecule has 44 valence electrons. The topological polar surface area (TPSA) is 24.1 Å². The van der Waals surface area contributed by atoms with Gasteiger partial charge in [-0.15, -0.1) is 6.58 Å². The van der Waals surface area contributed by atoms with Gasteiger partial charge in [-0.25, -0.2) is 0 Å². The van der Waals surface area contributed by atoms with Crippen molar-refractivity contribution >= 4 is 0 Å². The normalized spacial score (nSPS) is 25.8. The Balaban J connectivity index is 2.37. The van der Waals surface area contributed by atoms with Crippen molar-refractivity contribution in [3.05, 3.63) is 25.1 Å². The van der Waals surface area contributed by atoms with Crippen LogP contribution in [0, 0.1) is 0 Å². The van der Waals surface area contributed by atoms with Gasteiger partial charge < -0.3 is 10.6 Å². The lowest BCUT2D eigenvalue weighted by Crippen LogP contribution is -2.36. The van der Waals surface area contributed by atoms with Gasteiger partial charge in [-0.2, -0.15) is 0 Å². The average molecular weight is 110 g/mol. The van der Waals surface area contributed by atoms with E-state index in [1.165, 1.54) is 0 Å². The van der Waals surface area contributed by atoms with Crippen LogP contribution < -0.4 is 10.6 Å². The lowest BCUT2D eigenvalue weighted by Gasteiger charge is -2.16. The fourth-order valence-corrected chi connectivity index (χ4v) is 0.636. The van der Waals surface area contributed by atoms with Crippen LogP contribution in [0.2, 0.25) is 0 Å². The highest BCUT2D eigenvalue weighted by atomic mass is 15.0. The van der Waals surface area contributed by atoms with E-state index in [1.54, 1.807) is 0 Å². The van der Waals surface area contributed by atoms with E-state index in [4.69, 9.17) is 0 Å². The van der Waals surface area contributed by atoms with Crippen LogP contribution >= 0.6 is 0 Å². The monoisotopic (exact) mass is 110 g/mol. The standard InChI is InChI=1S/C6H10N2/c1-2-6-5-7-3-4-8-6/h2-4,6-8H,1,5H2/t6-/m1/s1. The molecule has 0 saturated carbocycles. The number of rotatable bonds is 1. The van der Waals surface area contributed by atoms with Crippen LogP contribution in [0.15, 0.2) is 25.1 Å². The summed E-state index contributed by atoms with van der Waals surface area (Å²) >= 11 is 0. The summed E-state index contributed by atoms with van der Waals surface area (Å²) in [6.45, 7) is 4.59. The highest BCUT2D eigenvalue weighted by molar-refractivity contribution is 4.97. The average Bonchev–Trinajstić information content (AvgIpc) is 1.90. The minimum absolute atomic E-state index is 0.403. The maximum atomic E-state index is 3.65. The van der Waals surface area contributed by atoms with Crippen LogP contribution in [0.3, 0.4) is 0 Å². The molecule has 1 aliphatic rings. The van der Waals surface area contributed by atoms with E-state index in [-0.39, 0.29) is 0 Å². The molecule has 0 aliphatic carbocycles. The lowest BCUT2D eigenvalue weighted by atomic mass is 10.3. The molecule has 2 heteroatoms. The van der Waals surface area contributed by atoms with Gasteiger partial charge in [-0.3, -0.25) is 0 Å². The third-order valence-electron chi connectivity index (χ3n) is 1.13. The van der Waals surface area contributed by atoms with E-state index < -0.39 is 0 Å². The molecule has 0 unspecified atom stereocenters. The first-order chi connectivity index (χ1) is 3.93. The molecule has 8 heavy (non-hydrogen) atoms. The largest absolute Gasteiger partial charge is 0.387 e. The van der Waals surface area contributed by atoms with E-state index in [1.807, 2.05) is 18.5 Å². The Hall–Kier alpha value is -0.920. The van der Waals surface area contributed by atoms with Crippen LogP contribution in [0.5, 0.6) is 0 Å². The SMILES string of the molecule is C=C[C@@H]1CNC=CN1. The second kappa shape index (κ2) is 2.40. The first kappa shape index (κ1) is 5.22. The van der Waals surface area contributed by atoms with Gasteiger partial charge in [0.05, 0.1) is 6.04 Å². The third kappa shape index (κ3) is 1.03. The van der Waals surface area contributed by atoms with Crippen LogP contribution in [0.25, 0.3) is 0 Å². The number of hydrogen-bond donors (Lipinski definition) is 2. The molecule has 2 N–H and O–H groups in total. The van der Waals surface area contributed by atoms with Crippen LogP contribution in [-0.4, -0.2) is 12.6 Å². The molecule has 0 aromatic rings. The molecule has 1 aliphatic heterocycles. The molecule has 1 heterocycles. The maximum absolute atomic E-state index is 3.65. The summed E-state index contributed by atoms with van der Waals surface area (Å²) < 4.78 is 0. The first-order valence-electron chi connectivity index (χ1n) is 2.70. The summed E-state index contributed by atoms with van der Waals surface area (Å²) in [4.78, 5) is 0. The van der Waals surface area contributed by atoms with Crippen molar-refractivity contribution < 1.29 is 0 Å². The Morgan fingerprint density at radius 3 is 2.88 bits per heavy atom. The molecule has 0 aromatic heterocycles. The molecule has 0 radical (unpaired) electrons. The summed E-state index contributed by atoms with van der Waals surface area (Å²) in [7, 11) is 0. The van der Waals surface area contributed by atoms with Crippen molar-refractivity contribution in [1.29, 1.82) is 0 Å². The van der Waals surface area contributed by atoms with Gasteiger partial charge in [-0.05, 0) is 0 Å². The van der Waals surface area contributed by atoms with Gasteiger partial charge in [0.25, 0.3) is 0 Å². The van der Waals surface area contributed by atoms with E-state index >= 15 is 0 Å². The van der Waals surface area contributed by atoms with E-state index in [0.717, 1.165) is 6.54 Å². The lowest BCUT2D eigenvalue weighted by molar-refractivity contribution is 0.625. The summed E-state index contributed by atoms with van der Waals surface area (Å²) in [5.74, 6) is 0. The molecule has 1 atom stereocenters. The van der Waals surface area contributed by atoms with Gasteiger partial charge in [0.15, 0.2) is 0 Å². The minimum atomic E-state index is 0.403. The fourth-order valence-electron chi connectivity index (χ4n) is 0.636. The number of hydrogen-bond acceptors (Lipinski definition) is 2. The minimum Gasteiger partial charge on any atom is -0.387 e. The van der Waals surface area contributed by atoms with Gasteiger partial charge in [0.1, 0.15) is 0 Å². The molecular formula is C6H10N2. The fraction of sp³-hybridized carbons (Fsp3) is 0.333. The van der Waals surface area contributed by atoms with E-state index in [0.29, 0.717) is 6.04 Å². The van der Waals surface area contributed by atoms with Crippen LogP contribution in [0.4, 0.5) is 0 Å². The highest BCUT2D eigenvalue weighted by Gasteiger charge is 2.00. The summed E-state index contributed by atoms with van der Waals surface area (Å²) in [6.07, 6.45) is 5.66. The molecule has 1 rings (SSSR count). The van der Waals surface area contributed by atoms with Crippen molar-refractivity contribution in [3.63, 3.8) is 0 Å². The molecule has 0 amide bonds. The maximum Gasteiger partial charge on any atom is 0.0609 e. The smallest absolute Gasteiger partial charge is 0.0609 e. The predicted molar refractivity (Wildman–Crippen MR) is 34.3 cm³/mol. The van der Waals surface area contributed by atoms with Crippen molar-refractivity contribution in [2.24, 2.45) is 0 Å². The van der Waals surface area contributed by atoms with Crippen molar-refractivity contribution in [2.45, 2.75) is 6.04 Å². The van der Waals surface area contributed by atoms with Crippen molar-refractivity contribution in [2.75, 3.05) is 6.54 Å². The Morgan fingerprint density at radius 2 is 2.50 bits per heavy atom. The van der Waals surface area contributed by atoms with Crippen molar-refractivity contribution in [1.82, 2.24) is 10.6 Å². The summed E-state index contributed by atoms with van der Waals surface area (Å²) in [5, 5.41) is 6.18. The van der Waals surface area contributed by atoms with Crippen LogP contribution in [-0.2, 0) is 0 Å². The Morgan fingerprint density at radius 1 is 1.62 bits per heavy atom. The molecular weight excluding hydrogens is 100 g/mol. The second-order valence-corrected chi connectivity index (χ2v) is 1.75. The van der Waals surface area contributed by atoms with Gasteiger partial charge >= 0.3 is 0 Å². The zero-order valence-electron chi connectivity index (χ0n) is 4.72. The summed E-state index contributed by atoms with van der Waals surface area (Å²) in [5.41, 5.74) is 0. The molecule has 0 bridgehead atoms. The van der Waals surface area contributed by atoms with Gasteiger partial charge in [0, 0.05) is 18.9 Å². The quantitative estimate of drug-likeness (QED) is 0.471. The highest BCUT2D eigenvalue weighted by Crippen LogP contribution is 1.86. The molecule has 0 aromatic carbocycles. The van der Waals surface area contributed by atoms with Gasteiger partial charge in [-0.1, -0.05) is 6.08 Å². The first-order valence-corrected chi connectivity index (χ1v) is 2.70. The predicted octanol–water partition coefficient (Wildman–Crippen LogP) is 0.205. The Labute approximate surface area is 49.3 Å². The molecule has 0 spiro atoms.